The molecule has 0 spiro atoms. The molecule has 14 nitrogen and oxygen atoms in total. The molecule has 0 aliphatic carbocycles. The lowest BCUT2D eigenvalue weighted by Crippen LogP contribution is -2.60. The van der Waals surface area contributed by atoms with Gasteiger partial charge in [0.25, 0.3) is 5.91 Å². The largest absolute Gasteiger partial charge is 0.452 e. The summed E-state index contributed by atoms with van der Waals surface area (Å²) in [5.74, 6) is -4.22. The first-order chi connectivity index (χ1) is 20.2. The van der Waals surface area contributed by atoms with E-state index in [2.05, 4.69) is 10.6 Å². The summed E-state index contributed by atoms with van der Waals surface area (Å²) >= 11 is 0. The van der Waals surface area contributed by atoms with Gasteiger partial charge in [-0.25, -0.2) is 0 Å². The number of esters is 1. The van der Waals surface area contributed by atoms with Crippen molar-refractivity contribution in [1.82, 2.24) is 25.3 Å². The number of likely N-dealkylation sites (N-methyl/N-ethyl adjacent to an activating group) is 2. The van der Waals surface area contributed by atoms with Gasteiger partial charge in [-0.2, -0.15) is 0 Å². The summed E-state index contributed by atoms with van der Waals surface area (Å²) in [6.07, 6.45) is -2.21. The second-order valence-corrected chi connectivity index (χ2v) is 11.9. The minimum atomic E-state index is -1.48. The van der Waals surface area contributed by atoms with Gasteiger partial charge >= 0.3 is 5.97 Å². The van der Waals surface area contributed by atoms with E-state index in [1.165, 1.54) is 35.7 Å². The minimum absolute atomic E-state index is 0.148. The molecule has 0 radical (unpaired) electrons. The first-order valence-corrected chi connectivity index (χ1v) is 15.1. The monoisotopic (exact) mass is 611 g/mol. The molecule has 5 amide bonds. The standard InChI is InChI=1S/C29H49N5O9/c1-8-17(4)23-28(41)33(7)24(16(2)3)29(42)32(6)18(5)25(38)30-12-11-22(37)43-21(14-19(36)15-35)27(40)34-13-9-10-20(34)26(39)31-23/h16-21,23-24,35-36H,8-15H2,1-7H3,(H,30,38)(H,31,39)/t17?,18-,19?,20-,21+,23-,24-/m0/s1. The number of nitrogens with one attached hydrogen (secondary N) is 2. The van der Waals surface area contributed by atoms with Gasteiger partial charge in [0, 0.05) is 33.6 Å². The fourth-order valence-corrected chi connectivity index (χ4v) is 5.42. The molecule has 14 heteroatoms. The zero-order valence-electron chi connectivity index (χ0n) is 26.4. The van der Waals surface area contributed by atoms with Crippen molar-refractivity contribution in [3.8, 4) is 0 Å². The molecule has 2 aliphatic heterocycles. The van der Waals surface area contributed by atoms with Crippen molar-refractivity contribution < 1.29 is 43.7 Å². The molecule has 4 N–H and O–H groups in total. The maximum absolute atomic E-state index is 13.9. The van der Waals surface area contributed by atoms with Crippen LogP contribution in [0.3, 0.4) is 0 Å². The third-order valence-electron chi connectivity index (χ3n) is 8.45. The summed E-state index contributed by atoms with van der Waals surface area (Å²) in [6.45, 7) is 8.14. The average molecular weight is 612 g/mol. The molecule has 2 rings (SSSR count). The molecule has 0 saturated carbocycles. The zero-order chi connectivity index (χ0) is 32.6. The van der Waals surface area contributed by atoms with Crippen LogP contribution in [-0.4, -0.2) is 131 Å². The van der Waals surface area contributed by atoms with Gasteiger partial charge < -0.3 is 40.3 Å². The van der Waals surface area contributed by atoms with Gasteiger partial charge in [-0.05, 0) is 31.6 Å². The maximum atomic E-state index is 13.9. The number of aliphatic hydroxyl groups excluding tert-OH is 2. The topological polar surface area (TPSA) is 186 Å². The number of hydrogen-bond donors (Lipinski definition) is 4. The molecule has 2 unspecified atom stereocenters. The van der Waals surface area contributed by atoms with Crippen molar-refractivity contribution in [2.75, 3.05) is 33.8 Å². The molecule has 0 aromatic carbocycles. The lowest BCUT2D eigenvalue weighted by Gasteiger charge is -2.38. The summed E-state index contributed by atoms with van der Waals surface area (Å²) in [5.41, 5.74) is 0. The summed E-state index contributed by atoms with van der Waals surface area (Å²) in [5, 5.41) is 24.8. The average Bonchev–Trinajstić information content (AvgIpc) is 3.46. The SMILES string of the molecule is CCC(C)[C@@H]1NC(=O)[C@@H]2CCCN2C(=O)[C@@H](CC(O)CO)OC(=O)CCNC(=O)[C@H](C)N(C)C(=O)[C@H](C(C)C)N(C)C1=O. The quantitative estimate of drug-likeness (QED) is 0.274. The smallest absolute Gasteiger partial charge is 0.308 e. The van der Waals surface area contributed by atoms with E-state index in [1.807, 2.05) is 6.92 Å². The fourth-order valence-electron chi connectivity index (χ4n) is 5.42. The molecule has 2 saturated heterocycles. The molecule has 43 heavy (non-hydrogen) atoms. The number of fused-ring (bicyclic) bond motifs is 1. The summed E-state index contributed by atoms with van der Waals surface area (Å²) in [4.78, 5) is 84.1. The second kappa shape index (κ2) is 16.0. The van der Waals surface area contributed by atoms with Crippen LogP contribution < -0.4 is 10.6 Å². The third kappa shape index (κ3) is 8.88. The van der Waals surface area contributed by atoms with Crippen LogP contribution in [0.25, 0.3) is 0 Å². The van der Waals surface area contributed by atoms with E-state index in [4.69, 9.17) is 4.74 Å². The van der Waals surface area contributed by atoms with Crippen LogP contribution >= 0.6 is 0 Å². The van der Waals surface area contributed by atoms with E-state index in [0.29, 0.717) is 19.3 Å². The van der Waals surface area contributed by atoms with Crippen LogP contribution in [0.1, 0.15) is 66.7 Å². The summed E-state index contributed by atoms with van der Waals surface area (Å²) in [7, 11) is 2.96. The van der Waals surface area contributed by atoms with Gasteiger partial charge in [-0.15, -0.1) is 0 Å². The highest BCUT2D eigenvalue weighted by Crippen LogP contribution is 2.23. The Morgan fingerprint density at radius 1 is 0.977 bits per heavy atom. The van der Waals surface area contributed by atoms with Gasteiger partial charge in [-0.1, -0.05) is 34.1 Å². The number of ether oxygens (including phenoxy) is 1. The predicted molar refractivity (Wildman–Crippen MR) is 155 cm³/mol. The Kier molecular flexibility index (Phi) is 13.4. The number of rotatable bonds is 6. The van der Waals surface area contributed by atoms with E-state index in [-0.39, 0.29) is 31.3 Å². The summed E-state index contributed by atoms with van der Waals surface area (Å²) < 4.78 is 5.38. The van der Waals surface area contributed by atoms with Gasteiger partial charge in [-0.3, -0.25) is 28.8 Å². The lowest BCUT2D eigenvalue weighted by atomic mass is 9.94. The molecular weight excluding hydrogens is 562 g/mol. The van der Waals surface area contributed by atoms with Crippen LogP contribution in [0.15, 0.2) is 0 Å². The van der Waals surface area contributed by atoms with Crippen molar-refractivity contribution in [2.24, 2.45) is 11.8 Å². The number of cyclic esters (lactones) is 1. The van der Waals surface area contributed by atoms with Crippen molar-refractivity contribution in [2.45, 2.75) is 103 Å². The number of nitrogens with zero attached hydrogens (tertiary/aromatic N) is 3. The lowest BCUT2D eigenvalue weighted by molar-refractivity contribution is -0.163. The molecule has 0 bridgehead atoms. The second-order valence-electron chi connectivity index (χ2n) is 11.9. The van der Waals surface area contributed by atoms with E-state index >= 15 is 0 Å². The Bertz CT molecular complexity index is 1040. The van der Waals surface area contributed by atoms with Gasteiger partial charge in [0.15, 0.2) is 6.10 Å². The van der Waals surface area contributed by atoms with Crippen LogP contribution in [0.4, 0.5) is 0 Å². The zero-order valence-corrected chi connectivity index (χ0v) is 26.4. The predicted octanol–water partition coefficient (Wildman–Crippen LogP) is -0.987. The fraction of sp³-hybridized carbons (Fsp3) is 0.793. The normalized spacial score (nSPS) is 28.9. The van der Waals surface area contributed by atoms with Crippen LogP contribution in [0, 0.1) is 11.8 Å². The van der Waals surface area contributed by atoms with Crippen molar-refractivity contribution >= 4 is 35.5 Å². The van der Waals surface area contributed by atoms with E-state index in [1.54, 1.807) is 20.8 Å². The molecular formula is C29H49N5O9. The van der Waals surface area contributed by atoms with Crippen molar-refractivity contribution in [3.63, 3.8) is 0 Å². The van der Waals surface area contributed by atoms with E-state index in [9.17, 15) is 39.0 Å². The number of carbonyl (C=O) groups is 6. The molecule has 2 aliphatic rings. The number of carbonyl (C=O) groups excluding carboxylic acids is 6. The Balaban J connectivity index is 2.54. The first-order valence-electron chi connectivity index (χ1n) is 15.1. The van der Waals surface area contributed by atoms with Crippen LogP contribution in [-0.2, 0) is 33.5 Å². The van der Waals surface area contributed by atoms with Crippen molar-refractivity contribution in [3.05, 3.63) is 0 Å². The third-order valence-corrected chi connectivity index (χ3v) is 8.45. The summed E-state index contributed by atoms with van der Waals surface area (Å²) in [6, 6.07) is -3.84. The highest BCUT2D eigenvalue weighted by Gasteiger charge is 2.43. The molecule has 244 valence electrons. The molecule has 2 fully saturated rings. The Morgan fingerprint density at radius 2 is 1.63 bits per heavy atom. The van der Waals surface area contributed by atoms with Crippen molar-refractivity contribution in [1.29, 1.82) is 0 Å². The Morgan fingerprint density at radius 3 is 2.21 bits per heavy atom. The Hall–Kier alpha value is -3.26. The highest BCUT2D eigenvalue weighted by atomic mass is 16.5. The van der Waals surface area contributed by atoms with E-state index < -0.39 is 84.9 Å². The number of amides is 5. The number of aliphatic hydroxyl groups is 2. The van der Waals surface area contributed by atoms with Gasteiger partial charge in [0.2, 0.25) is 23.6 Å². The van der Waals surface area contributed by atoms with E-state index in [0.717, 1.165) is 0 Å². The maximum Gasteiger partial charge on any atom is 0.308 e. The first kappa shape index (κ1) is 35.9. The minimum Gasteiger partial charge on any atom is -0.452 e. The molecule has 0 aromatic rings. The Labute approximate surface area is 253 Å². The molecule has 2 heterocycles. The van der Waals surface area contributed by atoms with Crippen LogP contribution in [0.2, 0.25) is 0 Å². The highest BCUT2D eigenvalue weighted by molar-refractivity contribution is 5.96. The van der Waals surface area contributed by atoms with Gasteiger partial charge in [0.1, 0.15) is 24.2 Å². The number of hydrogen-bond acceptors (Lipinski definition) is 9. The van der Waals surface area contributed by atoms with Crippen LogP contribution in [0.5, 0.6) is 0 Å². The molecule has 7 atom stereocenters. The van der Waals surface area contributed by atoms with Gasteiger partial charge in [0.05, 0.1) is 19.1 Å². The molecule has 0 aromatic heterocycles.